The molecule has 1 saturated heterocycles. The number of amides is 1. The first-order valence-electron chi connectivity index (χ1n) is 11.6. The number of hydrazone groups is 1. The number of halogens is 2. The molecule has 0 N–H and O–H groups in total. The molecule has 1 fully saturated rings. The van der Waals surface area contributed by atoms with Gasteiger partial charge in [0.05, 0.1) is 31.5 Å². The van der Waals surface area contributed by atoms with Crippen molar-refractivity contribution in [2.75, 3.05) is 31.2 Å². The second kappa shape index (κ2) is 7.90. The summed E-state index contributed by atoms with van der Waals surface area (Å²) >= 11 is 0. The van der Waals surface area contributed by atoms with E-state index in [-0.39, 0.29) is 23.6 Å². The largest absolute Gasteiger partial charge is 0.377 e. The summed E-state index contributed by atoms with van der Waals surface area (Å²) in [6.45, 7) is 4.08. The van der Waals surface area contributed by atoms with Gasteiger partial charge in [-0.15, -0.1) is 0 Å². The summed E-state index contributed by atoms with van der Waals surface area (Å²) in [5.74, 6) is 0.731. The van der Waals surface area contributed by atoms with Crippen LogP contribution in [0.4, 0.5) is 14.5 Å². The van der Waals surface area contributed by atoms with Crippen LogP contribution in [0, 0.1) is 0 Å². The molecule has 6 rings (SSSR count). The number of carbonyl (C=O) groups is 1. The number of nitrogens with zero attached hydrogens (tertiary/aromatic N) is 6. The molecule has 0 radical (unpaired) electrons. The van der Waals surface area contributed by atoms with E-state index in [1.54, 1.807) is 42.0 Å². The molecule has 4 aliphatic heterocycles. The predicted molar refractivity (Wildman–Crippen MR) is 122 cm³/mol. The van der Waals surface area contributed by atoms with Gasteiger partial charge >= 0.3 is 0 Å². The summed E-state index contributed by atoms with van der Waals surface area (Å²) in [6.07, 6.45) is 4.16. The SMILES string of the molecule is CC(=O)N1C=C2C(N3CCc4cc(-c5cnn(C)c5)c(C(F)F)cc43)=NN(C3COC3)C2CC1. The highest BCUT2D eigenvalue weighted by atomic mass is 19.3. The Labute approximate surface area is 196 Å². The molecule has 4 aliphatic rings. The van der Waals surface area contributed by atoms with Crippen molar-refractivity contribution in [3.05, 3.63) is 47.4 Å². The number of rotatable bonds is 3. The number of aryl methyl sites for hydroxylation is 1. The van der Waals surface area contributed by atoms with E-state index in [0.717, 1.165) is 35.5 Å². The van der Waals surface area contributed by atoms with Crippen LogP contribution in [-0.4, -0.2) is 69.8 Å². The molecule has 34 heavy (non-hydrogen) atoms. The number of aromatic nitrogens is 2. The van der Waals surface area contributed by atoms with Crippen LogP contribution < -0.4 is 4.90 Å². The molecule has 1 atom stereocenters. The fourth-order valence-electron chi connectivity index (χ4n) is 5.29. The highest BCUT2D eigenvalue weighted by molar-refractivity contribution is 6.13. The van der Waals surface area contributed by atoms with Gasteiger partial charge < -0.3 is 14.5 Å². The molecule has 5 heterocycles. The number of hydrogen-bond acceptors (Lipinski definition) is 6. The van der Waals surface area contributed by atoms with Crippen molar-refractivity contribution in [1.82, 2.24) is 19.7 Å². The lowest BCUT2D eigenvalue weighted by Crippen LogP contribution is -2.51. The van der Waals surface area contributed by atoms with Crippen LogP contribution in [0.5, 0.6) is 0 Å². The third-order valence-electron chi connectivity index (χ3n) is 7.14. The molecule has 0 aliphatic carbocycles. The van der Waals surface area contributed by atoms with Crippen molar-refractivity contribution >= 4 is 17.4 Å². The maximum absolute atomic E-state index is 14.2. The molecule has 0 saturated carbocycles. The maximum atomic E-state index is 14.2. The first kappa shape index (κ1) is 21.3. The molecule has 0 bridgehead atoms. The molecule has 1 unspecified atom stereocenters. The van der Waals surface area contributed by atoms with Crippen LogP contribution in [0.1, 0.15) is 30.9 Å². The van der Waals surface area contributed by atoms with Crippen LogP contribution in [0.3, 0.4) is 0 Å². The topological polar surface area (TPSA) is 66.2 Å². The van der Waals surface area contributed by atoms with Crippen molar-refractivity contribution in [3.8, 4) is 11.1 Å². The number of anilines is 1. The zero-order valence-corrected chi connectivity index (χ0v) is 19.1. The molecule has 10 heteroatoms. The number of fused-ring (bicyclic) bond motifs is 2. The zero-order valence-electron chi connectivity index (χ0n) is 19.1. The highest BCUT2D eigenvalue weighted by Crippen LogP contribution is 2.42. The molecule has 8 nitrogen and oxygen atoms in total. The number of hydrogen-bond donors (Lipinski definition) is 0. The normalized spacial score (nSPS) is 22.0. The Kier molecular flexibility index (Phi) is 4.94. The van der Waals surface area contributed by atoms with E-state index >= 15 is 0 Å². The zero-order chi connectivity index (χ0) is 23.6. The van der Waals surface area contributed by atoms with Crippen LogP contribution in [0.25, 0.3) is 11.1 Å². The number of ether oxygens (including phenoxy) is 1. The Hall–Kier alpha value is -3.27. The van der Waals surface area contributed by atoms with E-state index < -0.39 is 6.43 Å². The molecule has 178 valence electrons. The first-order chi connectivity index (χ1) is 16.4. The standard InChI is InChI=1S/C24H26F2N6O2/c1-14(33)30-5-4-21-20(11-30)24(28-32(21)17-12-34-13-17)31-6-3-15-7-18(16-9-27-29(2)10-16)19(23(25)26)8-22(15)31/h7-11,17,21,23H,3-6,12-13H2,1-2H3. The predicted octanol–water partition coefficient (Wildman–Crippen LogP) is 2.92. The minimum atomic E-state index is -2.62. The monoisotopic (exact) mass is 468 g/mol. The summed E-state index contributed by atoms with van der Waals surface area (Å²) in [5, 5.41) is 11.2. The molecular formula is C24H26F2N6O2. The Morgan fingerprint density at radius 1 is 1.24 bits per heavy atom. The molecular weight excluding hydrogens is 442 g/mol. The summed E-state index contributed by atoms with van der Waals surface area (Å²) in [7, 11) is 1.77. The van der Waals surface area contributed by atoms with Crippen molar-refractivity contribution < 1.29 is 18.3 Å². The third kappa shape index (κ3) is 3.31. The van der Waals surface area contributed by atoms with Crippen molar-refractivity contribution in [2.45, 2.75) is 38.3 Å². The summed E-state index contributed by atoms with van der Waals surface area (Å²) in [4.78, 5) is 15.8. The Morgan fingerprint density at radius 2 is 2.06 bits per heavy atom. The van der Waals surface area contributed by atoms with E-state index in [1.807, 2.05) is 17.2 Å². The van der Waals surface area contributed by atoms with Crippen LogP contribution >= 0.6 is 0 Å². The number of alkyl halides is 2. The smallest absolute Gasteiger partial charge is 0.264 e. The van der Waals surface area contributed by atoms with Gasteiger partial charge in [0.25, 0.3) is 6.43 Å². The Morgan fingerprint density at radius 3 is 2.71 bits per heavy atom. The van der Waals surface area contributed by atoms with Gasteiger partial charge in [0.1, 0.15) is 0 Å². The number of carbonyl (C=O) groups excluding carboxylic acids is 1. The summed E-state index contributed by atoms with van der Waals surface area (Å²) < 4.78 is 35.4. The number of amidine groups is 1. The molecule has 1 aromatic carbocycles. The van der Waals surface area contributed by atoms with Gasteiger partial charge in [0.15, 0.2) is 5.84 Å². The van der Waals surface area contributed by atoms with Crippen LogP contribution in [-0.2, 0) is 23.0 Å². The fourth-order valence-corrected chi connectivity index (χ4v) is 5.29. The molecule has 0 spiro atoms. The van der Waals surface area contributed by atoms with Gasteiger partial charge in [-0.05, 0) is 36.1 Å². The molecule has 1 amide bonds. The van der Waals surface area contributed by atoms with E-state index in [2.05, 4.69) is 10.1 Å². The second-order valence-corrected chi connectivity index (χ2v) is 9.27. The van der Waals surface area contributed by atoms with E-state index in [4.69, 9.17) is 9.84 Å². The lowest BCUT2D eigenvalue weighted by molar-refractivity contribution is -0.127. The highest BCUT2D eigenvalue weighted by Gasteiger charge is 2.44. The lowest BCUT2D eigenvalue weighted by atomic mass is 9.97. The van der Waals surface area contributed by atoms with Gasteiger partial charge in [0, 0.05) is 61.8 Å². The quantitative estimate of drug-likeness (QED) is 0.693. The maximum Gasteiger partial charge on any atom is 0.264 e. The average Bonchev–Trinajstić information content (AvgIpc) is 3.48. The number of benzene rings is 1. The van der Waals surface area contributed by atoms with Gasteiger partial charge in [-0.1, -0.05) is 0 Å². The van der Waals surface area contributed by atoms with Gasteiger partial charge in [-0.25, -0.2) is 8.78 Å². The second-order valence-electron chi connectivity index (χ2n) is 9.27. The van der Waals surface area contributed by atoms with Gasteiger partial charge in [0.2, 0.25) is 5.91 Å². The minimum Gasteiger partial charge on any atom is -0.377 e. The lowest BCUT2D eigenvalue weighted by Gasteiger charge is -2.39. The molecule has 1 aromatic heterocycles. The van der Waals surface area contributed by atoms with Crippen LogP contribution in [0.2, 0.25) is 0 Å². The van der Waals surface area contributed by atoms with Crippen molar-refractivity contribution in [3.63, 3.8) is 0 Å². The fraction of sp³-hybridized carbons (Fsp3) is 0.458. The van der Waals surface area contributed by atoms with E-state index in [1.165, 1.54) is 0 Å². The minimum absolute atomic E-state index is 0.0129. The first-order valence-corrected chi connectivity index (χ1v) is 11.6. The van der Waals surface area contributed by atoms with E-state index in [9.17, 15) is 13.6 Å². The van der Waals surface area contributed by atoms with Gasteiger partial charge in [-0.3, -0.25) is 14.5 Å². The molecule has 2 aromatic rings. The van der Waals surface area contributed by atoms with Crippen molar-refractivity contribution in [1.29, 1.82) is 0 Å². The van der Waals surface area contributed by atoms with Gasteiger partial charge in [-0.2, -0.15) is 10.2 Å². The Balaban J connectivity index is 1.42. The van der Waals surface area contributed by atoms with E-state index in [0.29, 0.717) is 37.4 Å². The van der Waals surface area contributed by atoms with Crippen molar-refractivity contribution in [2.24, 2.45) is 12.1 Å². The summed E-state index contributed by atoms with van der Waals surface area (Å²) in [5.41, 5.74) is 3.92. The Bertz CT molecular complexity index is 1220. The summed E-state index contributed by atoms with van der Waals surface area (Å²) in [6, 6.07) is 3.73. The average molecular weight is 469 g/mol. The van der Waals surface area contributed by atoms with Crippen LogP contribution in [0.15, 0.2) is 41.4 Å². The third-order valence-corrected chi connectivity index (χ3v) is 7.14.